The van der Waals surface area contributed by atoms with Crippen LogP contribution in [0.25, 0.3) is 0 Å². The van der Waals surface area contributed by atoms with Crippen LogP contribution < -0.4 is 0 Å². The van der Waals surface area contributed by atoms with Crippen molar-refractivity contribution < 1.29 is 14.3 Å². The van der Waals surface area contributed by atoms with E-state index in [0.29, 0.717) is 25.1 Å². The average Bonchev–Trinajstić information content (AvgIpc) is 2.52. The zero-order valence-electron chi connectivity index (χ0n) is 13.4. The third-order valence-electron chi connectivity index (χ3n) is 4.40. The van der Waals surface area contributed by atoms with Crippen molar-refractivity contribution in [3.8, 4) is 0 Å². The number of amides is 1. The average molecular weight is 308 g/mol. The van der Waals surface area contributed by atoms with Gasteiger partial charge in [0.15, 0.2) is 5.60 Å². The van der Waals surface area contributed by atoms with E-state index in [-0.39, 0.29) is 18.3 Å². The SMILES string of the molecule is CCN(CC)CC1(O)CCCN(Cc2ccccc2F)C1=O. The molecule has 0 saturated carbocycles. The van der Waals surface area contributed by atoms with E-state index in [1.54, 1.807) is 23.1 Å². The molecule has 1 heterocycles. The van der Waals surface area contributed by atoms with Gasteiger partial charge in [0, 0.05) is 25.2 Å². The molecule has 1 aromatic carbocycles. The number of halogens is 1. The van der Waals surface area contributed by atoms with E-state index in [4.69, 9.17) is 0 Å². The van der Waals surface area contributed by atoms with Gasteiger partial charge in [-0.25, -0.2) is 4.39 Å². The summed E-state index contributed by atoms with van der Waals surface area (Å²) in [5.41, 5.74) is -0.863. The van der Waals surface area contributed by atoms with Crippen molar-refractivity contribution in [1.82, 2.24) is 9.80 Å². The fourth-order valence-corrected chi connectivity index (χ4v) is 3.01. The molecule has 0 aromatic heterocycles. The number of rotatable bonds is 6. The van der Waals surface area contributed by atoms with Gasteiger partial charge < -0.3 is 14.9 Å². The Balaban J connectivity index is 2.11. The summed E-state index contributed by atoms with van der Waals surface area (Å²) in [6.07, 6.45) is 1.20. The summed E-state index contributed by atoms with van der Waals surface area (Å²) in [4.78, 5) is 16.3. The fourth-order valence-electron chi connectivity index (χ4n) is 3.01. The molecule has 1 aliphatic rings. The van der Waals surface area contributed by atoms with Gasteiger partial charge in [-0.2, -0.15) is 0 Å². The summed E-state index contributed by atoms with van der Waals surface area (Å²) in [6, 6.07) is 6.47. The van der Waals surface area contributed by atoms with E-state index in [1.807, 2.05) is 18.7 Å². The predicted molar refractivity (Wildman–Crippen MR) is 83.8 cm³/mol. The van der Waals surface area contributed by atoms with E-state index < -0.39 is 5.60 Å². The monoisotopic (exact) mass is 308 g/mol. The van der Waals surface area contributed by atoms with Crippen LogP contribution in [0.5, 0.6) is 0 Å². The zero-order valence-corrected chi connectivity index (χ0v) is 13.4. The number of nitrogens with zero attached hydrogens (tertiary/aromatic N) is 2. The van der Waals surface area contributed by atoms with Crippen LogP contribution in [0.1, 0.15) is 32.3 Å². The summed E-state index contributed by atoms with van der Waals surface area (Å²) in [6.45, 7) is 6.72. The first-order valence-corrected chi connectivity index (χ1v) is 7.97. The van der Waals surface area contributed by atoms with E-state index in [1.165, 1.54) is 6.07 Å². The van der Waals surface area contributed by atoms with Crippen molar-refractivity contribution in [3.63, 3.8) is 0 Å². The van der Waals surface area contributed by atoms with Gasteiger partial charge in [-0.3, -0.25) is 4.79 Å². The Morgan fingerprint density at radius 2 is 2.00 bits per heavy atom. The van der Waals surface area contributed by atoms with Crippen LogP contribution in [0, 0.1) is 5.82 Å². The molecule has 0 spiro atoms. The third-order valence-corrected chi connectivity index (χ3v) is 4.40. The quantitative estimate of drug-likeness (QED) is 0.874. The lowest BCUT2D eigenvalue weighted by atomic mass is 9.90. The second-order valence-electron chi connectivity index (χ2n) is 5.91. The molecule has 1 fully saturated rings. The smallest absolute Gasteiger partial charge is 0.256 e. The highest BCUT2D eigenvalue weighted by Gasteiger charge is 2.43. The molecule has 5 heteroatoms. The van der Waals surface area contributed by atoms with Crippen molar-refractivity contribution in [3.05, 3.63) is 35.6 Å². The van der Waals surface area contributed by atoms with Gasteiger partial charge in [0.05, 0.1) is 0 Å². The molecule has 1 amide bonds. The second kappa shape index (κ2) is 7.20. The molecule has 0 radical (unpaired) electrons. The molecule has 1 atom stereocenters. The van der Waals surface area contributed by atoms with Crippen LogP contribution in [0.3, 0.4) is 0 Å². The molecular weight excluding hydrogens is 283 g/mol. The van der Waals surface area contributed by atoms with E-state index in [9.17, 15) is 14.3 Å². The summed E-state index contributed by atoms with van der Waals surface area (Å²) in [7, 11) is 0. The van der Waals surface area contributed by atoms with Crippen LogP contribution in [-0.4, -0.2) is 52.6 Å². The standard InChI is InChI=1S/C17H25FN2O2/c1-3-19(4-2)13-17(22)10-7-11-20(16(17)21)12-14-8-5-6-9-15(14)18/h5-6,8-9,22H,3-4,7,10-13H2,1-2H3. The molecule has 4 nitrogen and oxygen atoms in total. The molecule has 1 saturated heterocycles. The Labute approximate surface area is 131 Å². The van der Waals surface area contributed by atoms with E-state index in [2.05, 4.69) is 0 Å². The van der Waals surface area contributed by atoms with Crippen molar-refractivity contribution in [1.29, 1.82) is 0 Å². The molecule has 22 heavy (non-hydrogen) atoms. The maximum atomic E-state index is 13.8. The van der Waals surface area contributed by atoms with Crippen LogP contribution in [0.2, 0.25) is 0 Å². The summed E-state index contributed by atoms with van der Waals surface area (Å²) in [5, 5.41) is 10.8. The van der Waals surface area contributed by atoms with Gasteiger partial charge in [-0.05, 0) is 32.0 Å². The van der Waals surface area contributed by atoms with Crippen molar-refractivity contribution in [2.45, 2.75) is 38.8 Å². The number of carbonyl (C=O) groups excluding carboxylic acids is 1. The highest BCUT2D eigenvalue weighted by molar-refractivity contribution is 5.86. The third kappa shape index (κ3) is 3.65. The maximum Gasteiger partial charge on any atom is 0.256 e. The number of carbonyl (C=O) groups is 1. The number of likely N-dealkylation sites (N-methyl/N-ethyl adjacent to an activating group) is 1. The largest absolute Gasteiger partial charge is 0.379 e. The molecular formula is C17H25FN2O2. The van der Waals surface area contributed by atoms with Gasteiger partial charge in [-0.1, -0.05) is 32.0 Å². The molecule has 0 aliphatic carbocycles. The van der Waals surface area contributed by atoms with Gasteiger partial charge in [0.25, 0.3) is 5.91 Å². The minimum Gasteiger partial charge on any atom is -0.379 e. The Hall–Kier alpha value is -1.46. The molecule has 1 aliphatic heterocycles. The predicted octanol–water partition coefficient (Wildman–Crippen LogP) is 2.02. The Kier molecular flexibility index (Phi) is 5.53. The number of benzene rings is 1. The molecule has 1 aromatic rings. The number of hydrogen-bond donors (Lipinski definition) is 1. The number of piperidine rings is 1. The zero-order chi connectivity index (χ0) is 16.2. The number of hydrogen-bond acceptors (Lipinski definition) is 3. The van der Waals surface area contributed by atoms with Gasteiger partial charge in [0.2, 0.25) is 0 Å². The summed E-state index contributed by atoms with van der Waals surface area (Å²) < 4.78 is 13.8. The lowest BCUT2D eigenvalue weighted by molar-refractivity contribution is -0.160. The first-order chi connectivity index (χ1) is 10.5. The Morgan fingerprint density at radius 1 is 1.32 bits per heavy atom. The normalized spacial score (nSPS) is 22.4. The summed E-state index contributed by atoms with van der Waals surface area (Å²) in [5.74, 6) is -0.595. The Morgan fingerprint density at radius 3 is 2.64 bits per heavy atom. The highest BCUT2D eigenvalue weighted by atomic mass is 19.1. The minimum atomic E-state index is -1.35. The number of aliphatic hydroxyl groups is 1. The fraction of sp³-hybridized carbons (Fsp3) is 0.588. The van der Waals surface area contributed by atoms with Gasteiger partial charge in [-0.15, -0.1) is 0 Å². The summed E-state index contributed by atoms with van der Waals surface area (Å²) >= 11 is 0. The lowest BCUT2D eigenvalue weighted by Gasteiger charge is -2.40. The van der Waals surface area contributed by atoms with E-state index >= 15 is 0 Å². The van der Waals surface area contributed by atoms with Gasteiger partial charge in [0.1, 0.15) is 5.82 Å². The van der Waals surface area contributed by atoms with Crippen LogP contribution in [0.4, 0.5) is 4.39 Å². The van der Waals surface area contributed by atoms with Gasteiger partial charge >= 0.3 is 0 Å². The molecule has 2 rings (SSSR count). The van der Waals surface area contributed by atoms with Crippen LogP contribution in [0.15, 0.2) is 24.3 Å². The minimum absolute atomic E-state index is 0.214. The van der Waals surface area contributed by atoms with Crippen LogP contribution >= 0.6 is 0 Å². The first kappa shape index (κ1) is 16.9. The van der Waals surface area contributed by atoms with Crippen molar-refractivity contribution in [2.75, 3.05) is 26.2 Å². The second-order valence-corrected chi connectivity index (χ2v) is 5.91. The van der Waals surface area contributed by atoms with Crippen molar-refractivity contribution in [2.24, 2.45) is 0 Å². The van der Waals surface area contributed by atoms with Crippen LogP contribution in [-0.2, 0) is 11.3 Å². The first-order valence-electron chi connectivity index (χ1n) is 7.97. The van der Waals surface area contributed by atoms with Crippen molar-refractivity contribution >= 4 is 5.91 Å². The highest BCUT2D eigenvalue weighted by Crippen LogP contribution is 2.25. The topological polar surface area (TPSA) is 43.8 Å². The molecule has 1 unspecified atom stereocenters. The Bertz CT molecular complexity index is 519. The molecule has 1 N–H and O–H groups in total. The lowest BCUT2D eigenvalue weighted by Crippen LogP contribution is -2.58. The molecule has 0 bridgehead atoms. The maximum absolute atomic E-state index is 13.8. The molecule has 122 valence electrons. The number of likely N-dealkylation sites (tertiary alicyclic amines) is 1. The van der Waals surface area contributed by atoms with E-state index in [0.717, 1.165) is 19.5 Å².